The summed E-state index contributed by atoms with van der Waals surface area (Å²) in [6, 6.07) is 9.38. The quantitative estimate of drug-likeness (QED) is 0.810. The second-order valence-corrected chi connectivity index (χ2v) is 5.05. The highest BCUT2D eigenvalue weighted by atomic mass is 79.9. The molecule has 0 amide bonds. The summed E-state index contributed by atoms with van der Waals surface area (Å²) in [6.07, 6.45) is 2.53. The van der Waals surface area contributed by atoms with Crippen LogP contribution in [-0.2, 0) is 0 Å². The van der Waals surface area contributed by atoms with E-state index in [0.29, 0.717) is 6.04 Å². The van der Waals surface area contributed by atoms with Gasteiger partial charge in [0.05, 0.1) is 0 Å². The molecule has 2 rings (SSSR count). The minimum absolute atomic E-state index is 0.660. The fraction of sp³-hybridized carbons (Fsp3) is 0.500. The molecule has 2 heteroatoms. The third kappa shape index (κ3) is 2.37. The molecule has 0 aliphatic carbocycles. The molecule has 76 valence electrons. The summed E-state index contributed by atoms with van der Waals surface area (Å²) in [5, 5.41) is 3.48. The van der Waals surface area contributed by atoms with E-state index in [1.807, 2.05) is 0 Å². The van der Waals surface area contributed by atoms with E-state index < -0.39 is 0 Å². The molecule has 0 saturated carbocycles. The van der Waals surface area contributed by atoms with Crippen LogP contribution >= 0.6 is 15.9 Å². The fourth-order valence-corrected chi connectivity index (χ4v) is 2.61. The van der Waals surface area contributed by atoms with Gasteiger partial charge in [-0.15, -0.1) is 0 Å². The Hall–Kier alpha value is -0.340. The highest BCUT2D eigenvalue weighted by molar-refractivity contribution is 9.10. The lowest BCUT2D eigenvalue weighted by molar-refractivity contribution is 0.381. The Labute approximate surface area is 94.0 Å². The molecular formula is C12H16BrN. The van der Waals surface area contributed by atoms with Crippen LogP contribution in [0.2, 0.25) is 0 Å². The molecule has 2 atom stereocenters. The molecule has 0 bridgehead atoms. The lowest BCUT2D eigenvalue weighted by atomic mass is 9.87. The molecule has 1 heterocycles. The molecule has 2 unspecified atom stereocenters. The largest absolute Gasteiger partial charge is 0.314 e. The van der Waals surface area contributed by atoms with Crippen LogP contribution in [0.4, 0.5) is 0 Å². The number of hydrogen-bond donors (Lipinski definition) is 1. The summed E-state index contributed by atoms with van der Waals surface area (Å²) < 4.78 is 1.20. The maximum Gasteiger partial charge on any atom is 0.0178 e. The predicted octanol–water partition coefficient (Wildman–Crippen LogP) is 3.30. The highest BCUT2D eigenvalue weighted by Gasteiger charge is 2.19. The van der Waals surface area contributed by atoms with Crippen LogP contribution in [0.5, 0.6) is 0 Å². The fourth-order valence-electron chi connectivity index (χ4n) is 2.20. The molecule has 1 fully saturated rings. The second kappa shape index (κ2) is 4.45. The van der Waals surface area contributed by atoms with Crippen molar-refractivity contribution in [2.24, 2.45) is 0 Å². The van der Waals surface area contributed by atoms with E-state index in [0.717, 1.165) is 12.5 Å². The standard InChI is InChI=1S/C12H16BrN/c1-9-7-11(5-6-14-9)10-3-2-4-12(13)8-10/h2-4,8-9,11,14H,5-7H2,1H3. The van der Waals surface area contributed by atoms with Crippen molar-refractivity contribution in [1.82, 2.24) is 5.32 Å². The topological polar surface area (TPSA) is 12.0 Å². The summed E-state index contributed by atoms with van der Waals surface area (Å²) in [5.41, 5.74) is 1.48. The van der Waals surface area contributed by atoms with Crippen LogP contribution in [-0.4, -0.2) is 12.6 Å². The first-order valence-electron chi connectivity index (χ1n) is 5.24. The van der Waals surface area contributed by atoms with E-state index in [1.54, 1.807) is 0 Å². The average Bonchev–Trinajstić information content (AvgIpc) is 2.18. The average molecular weight is 254 g/mol. The van der Waals surface area contributed by atoms with Gasteiger partial charge in [0.2, 0.25) is 0 Å². The zero-order valence-corrected chi connectivity index (χ0v) is 10.0. The number of nitrogens with one attached hydrogen (secondary N) is 1. The number of rotatable bonds is 1. The summed E-state index contributed by atoms with van der Waals surface area (Å²) >= 11 is 3.53. The predicted molar refractivity (Wildman–Crippen MR) is 63.6 cm³/mol. The van der Waals surface area contributed by atoms with Crippen LogP contribution < -0.4 is 5.32 Å². The number of benzene rings is 1. The molecule has 1 aromatic carbocycles. The van der Waals surface area contributed by atoms with E-state index in [-0.39, 0.29) is 0 Å². The lowest BCUT2D eigenvalue weighted by Crippen LogP contribution is -2.34. The first-order valence-corrected chi connectivity index (χ1v) is 6.04. The monoisotopic (exact) mass is 253 g/mol. The normalized spacial score (nSPS) is 27.6. The van der Waals surface area contributed by atoms with Gasteiger partial charge in [-0.1, -0.05) is 28.1 Å². The van der Waals surface area contributed by atoms with Gasteiger partial charge in [0.1, 0.15) is 0 Å². The van der Waals surface area contributed by atoms with Gasteiger partial charge in [0.25, 0.3) is 0 Å². The minimum atomic E-state index is 0.660. The van der Waals surface area contributed by atoms with Crippen molar-refractivity contribution < 1.29 is 0 Å². The lowest BCUT2D eigenvalue weighted by Gasteiger charge is -2.28. The van der Waals surface area contributed by atoms with Crippen molar-refractivity contribution in [2.75, 3.05) is 6.54 Å². The molecule has 1 aliphatic rings. The minimum Gasteiger partial charge on any atom is -0.314 e. The van der Waals surface area contributed by atoms with Crippen molar-refractivity contribution in [2.45, 2.75) is 31.7 Å². The zero-order chi connectivity index (χ0) is 9.97. The Morgan fingerprint density at radius 3 is 3.00 bits per heavy atom. The zero-order valence-electron chi connectivity index (χ0n) is 8.46. The Bertz CT molecular complexity index is 311. The first-order chi connectivity index (χ1) is 6.75. The highest BCUT2D eigenvalue weighted by Crippen LogP contribution is 2.29. The second-order valence-electron chi connectivity index (χ2n) is 4.13. The SMILES string of the molecule is CC1CC(c2cccc(Br)c2)CCN1. The van der Waals surface area contributed by atoms with Crippen LogP contribution in [0.3, 0.4) is 0 Å². The van der Waals surface area contributed by atoms with Crippen molar-refractivity contribution >= 4 is 15.9 Å². The summed E-state index contributed by atoms with van der Waals surface area (Å²) in [4.78, 5) is 0. The first kappa shape index (κ1) is 10.2. The van der Waals surface area contributed by atoms with Crippen molar-refractivity contribution in [3.05, 3.63) is 34.3 Å². The molecule has 0 aromatic heterocycles. The van der Waals surface area contributed by atoms with E-state index in [9.17, 15) is 0 Å². The van der Waals surface area contributed by atoms with Crippen LogP contribution in [0.1, 0.15) is 31.2 Å². The molecule has 0 spiro atoms. The van der Waals surface area contributed by atoms with Crippen molar-refractivity contribution in [3.8, 4) is 0 Å². The molecule has 1 saturated heterocycles. The van der Waals surface area contributed by atoms with Gasteiger partial charge in [-0.25, -0.2) is 0 Å². The van der Waals surface area contributed by atoms with Crippen LogP contribution in [0.25, 0.3) is 0 Å². The maximum atomic E-state index is 3.53. The molecule has 0 radical (unpaired) electrons. The Morgan fingerprint density at radius 1 is 1.43 bits per heavy atom. The number of halogens is 1. The Kier molecular flexibility index (Phi) is 3.24. The van der Waals surface area contributed by atoms with Crippen molar-refractivity contribution in [1.29, 1.82) is 0 Å². The van der Waals surface area contributed by atoms with Gasteiger partial charge in [-0.3, -0.25) is 0 Å². The molecule has 14 heavy (non-hydrogen) atoms. The van der Waals surface area contributed by atoms with Gasteiger partial charge in [0.15, 0.2) is 0 Å². The van der Waals surface area contributed by atoms with Gasteiger partial charge in [-0.05, 0) is 49.9 Å². The van der Waals surface area contributed by atoms with Gasteiger partial charge in [0, 0.05) is 10.5 Å². The third-order valence-electron chi connectivity index (χ3n) is 2.94. The Balaban J connectivity index is 2.14. The van der Waals surface area contributed by atoms with Crippen LogP contribution in [0, 0.1) is 0 Å². The number of piperidine rings is 1. The van der Waals surface area contributed by atoms with Gasteiger partial charge < -0.3 is 5.32 Å². The van der Waals surface area contributed by atoms with E-state index in [2.05, 4.69) is 52.4 Å². The van der Waals surface area contributed by atoms with Crippen LogP contribution in [0.15, 0.2) is 28.7 Å². The van der Waals surface area contributed by atoms with E-state index >= 15 is 0 Å². The van der Waals surface area contributed by atoms with Gasteiger partial charge in [-0.2, -0.15) is 0 Å². The van der Waals surface area contributed by atoms with E-state index in [1.165, 1.54) is 22.9 Å². The third-order valence-corrected chi connectivity index (χ3v) is 3.44. The van der Waals surface area contributed by atoms with Gasteiger partial charge >= 0.3 is 0 Å². The summed E-state index contributed by atoms with van der Waals surface area (Å²) in [5.74, 6) is 0.740. The smallest absolute Gasteiger partial charge is 0.0178 e. The number of hydrogen-bond acceptors (Lipinski definition) is 1. The molecule has 1 N–H and O–H groups in total. The Morgan fingerprint density at radius 2 is 2.29 bits per heavy atom. The molecule has 1 nitrogen and oxygen atoms in total. The molecule has 1 aromatic rings. The molecule has 1 aliphatic heterocycles. The van der Waals surface area contributed by atoms with Crippen molar-refractivity contribution in [3.63, 3.8) is 0 Å². The van der Waals surface area contributed by atoms with E-state index in [4.69, 9.17) is 0 Å². The maximum absolute atomic E-state index is 3.53. The summed E-state index contributed by atoms with van der Waals surface area (Å²) in [6.45, 7) is 3.42. The summed E-state index contributed by atoms with van der Waals surface area (Å²) in [7, 11) is 0. The molecular weight excluding hydrogens is 238 g/mol.